The summed E-state index contributed by atoms with van der Waals surface area (Å²) < 4.78 is 0. The van der Waals surface area contributed by atoms with Gasteiger partial charge in [-0.1, -0.05) is 70.2 Å². The van der Waals surface area contributed by atoms with Gasteiger partial charge >= 0.3 is 0 Å². The van der Waals surface area contributed by atoms with E-state index in [0.717, 1.165) is 6.42 Å². The van der Waals surface area contributed by atoms with Crippen LogP contribution in [0.2, 0.25) is 0 Å². The van der Waals surface area contributed by atoms with Crippen LogP contribution < -0.4 is 0 Å². The van der Waals surface area contributed by atoms with Crippen molar-refractivity contribution in [2.45, 2.75) is 62.8 Å². The van der Waals surface area contributed by atoms with Gasteiger partial charge in [-0.05, 0) is 34.1 Å². The van der Waals surface area contributed by atoms with E-state index in [1.54, 1.807) is 0 Å². The largest absolute Gasteiger partial charge is 0.103 e. The molecule has 0 amide bonds. The van der Waals surface area contributed by atoms with Gasteiger partial charge in [0.05, 0.1) is 0 Å². The molecule has 0 saturated carbocycles. The molecule has 0 saturated heterocycles. The quantitative estimate of drug-likeness (QED) is 0.366. The van der Waals surface area contributed by atoms with Gasteiger partial charge in [-0.25, -0.2) is 0 Å². The maximum absolute atomic E-state index is 3.78. The minimum atomic E-state index is 0. The molecule has 0 aliphatic rings. The van der Waals surface area contributed by atoms with Crippen molar-refractivity contribution >= 4 is 0 Å². The molecule has 0 spiro atoms. The molecule has 1 atom stereocenters. The highest BCUT2D eigenvalue weighted by Crippen LogP contribution is 2.17. The number of rotatable bonds is 5. The van der Waals surface area contributed by atoms with Crippen molar-refractivity contribution in [3.8, 4) is 0 Å². The van der Waals surface area contributed by atoms with E-state index in [1.165, 1.54) is 11.1 Å². The van der Waals surface area contributed by atoms with E-state index in [4.69, 9.17) is 0 Å². The Bertz CT molecular complexity index is 247. The van der Waals surface area contributed by atoms with Crippen LogP contribution in [0.4, 0.5) is 0 Å². The Labute approximate surface area is 117 Å². The van der Waals surface area contributed by atoms with Crippen LogP contribution in [0, 0.1) is 5.92 Å². The number of allylic oxidation sites excluding steroid dienone is 7. The predicted octanol–water partition coefficient (Wildman–Crippen LogP) is 6.97. The molecule has 0 aliphatic carbocycles. The molecule has 0 nitrogen and oxygen atoms in total. The minimum absolute atomic E-state index is 0. The predicted molar refractivity (Wildman–Crippen MR) is 91.1 cm³/mol. The Kier molecular flexibility index (Phi) is 26.2. The van der Waals surface area contributed by atoms with Crippen LogP contribution in [0.15, 0.2) is 48.1 Å². The third-order valence-corrected chi connectivity index (χ3v) is 2.11. The van der Waals surface area contributed by atoms with Crippen LogP contribution in [-0.4, -0.2) is 0 Å². The van der Waals surface area contributed by atoms with Crippen LogP contribution in [0.5, 0.6) is 0 Å². The van der Waals surface area contributed by atoms with Crippen LogP contribution in [0.25, 0.3) is 0 Å². The monoisotopic (exact) mass is 252 g/mol. The maximum Gasteiger partial charge on any atom is 0.00114 e. The van der Waals surface area contributed by atoms with Gasteiger partial charge in [-0.3, -0.25) is 0 Å². The van der Waals surface area contributed by atoms with E-state index in [1.807, 2.05) is 19.9 Å². The zero-order valence-corrected chi connectivity index (χ0v) is 11.9. The molecular formula is C18H36. The van der Waals surface area contributed by atoms with E-state index in [2.05, 4.69) is 58.6 Å². The van der Waals surface area contributed by atoms with E-state index >= 15 is 0 Å². The Morgan fingerprint density at radius 3 is 1.89 bits per heavy atom. The van der Waals surface area contributed by atoms with Crippen molar-refractivity contribution in [2.75, 3.05) is 0 Å². The molecule has 0 radical (unpaired) electrons. The Hall–Kier alpha value is -1.04. The summed E-state index contributed by atoms with van der Waals surface area (Å²) in [6.07, 6.45) is 11.7. The second kappa shape index (κ2) is 18.3. The van der Waals surface area contributed by atoms with Gasteiger partial charge in [0.15, 0.2) is 0 Å². The zero-order valence-electron chi connectivity index (χ0n) is 11.9. The molecule has 18 heavy (non-hydrogen) atoms. The molecular weight excluding hydrogens is 216 g/mol. The molecule has 0 aromatic rings. The van der Waals surface area contributed by atoms with Crippen molar-refractivity contribution in [3.05, 3.63) is 48.1 Å². The average molecular weight is 252 g/mol. The second-order valence-electron chi connectivity index (χ2n) is 3.81. The van der Waals surface area contributed by atoms with Gasteiger partial charge in [-0.15, -0.1) is 6.58 Å². The smallest absolute Gasteiger partial charge is 0.00114 e. The Morgan fingerprint density at radius 1 is 1.06 bits per heavy atom. The molecule has 0 aliphatic heterocycles. The van der Waals surface area contributed by atoms with Crippen LogP contribution in [0.1, 0.15) is 62.8 Å². The zero-order chi connectivity index (χ0) is 13.0. The summed E-state index contributed by atoms with van der Waals surface area (Å²) >= 11 is 0. The van der Waals surface area contributed by atoms with Crippen LogP contribution >= 0.6 is 0 Å². The van der Waals surface area contributed by atoms with Crippen molar-refractivity contribution in [2.24, 2.45) is 5.92 Å². The second-order valence-corrected chi connectivity index (χ2v) is 3.81. The van der Waals surface area contributed by atoms with Crippen molar-refractivity contribution in [3.63, 3.8) is 0 Å². The molecule has 0 heteroatoms. The first-order chi connectivity index (χ1) is 7.61. The number of hydrogen-bond donors (Lipinski definition) is 0. The van der Waals surface area contributed by atoms with E-state index in [0.29, 0.717) is 5.92 Å². The molecule has 0 fully saturated rings. The van der Waals surface area contributed by atoms with E-state index in [9.17, 15) is 0 Å². The molecule has 1 unspecified atom stereocenters. The van der Waals surface area contributed by atoms with Crippen molar-refractivity contribution in [1.82, 2.24) is 0 Å². The van der Waals surface area contributed by atoms with Crippen molar-refractivity contribution in [1.29, 1.82) is 0 Å². The topological polar surface area (TPSA) is 0 Å². The molecule has 0 bridgehead atoms. The Balaban J connectivity index is -0.000000232. The van der Waals surface area contributed by atoms with Gasteiger partial charge < -0.3 is 0 Å². The van der Waals surface area contributed by atoms with E-state index < -0.39 is 0 Å². The first-order valence-corrected chi connectivity index (χ1v) is 6.17. The van der Waals surface area contributed by atoms with Crippen LogP contribution in [0.3, 0.4) is 0 Å². The van der Waals surface area contributed by atoms with Gasteiger partial charge in [-0.2, -0.15) is 0 Å². The summed E-state index contributed by atoms with van der Waals surface area (Å²) in [5.41, 5.74) is 2.73. The lowest BCUT2D eigenvalue weighted by Crippen LogP contribution is -1.96. The van der Waals surface area contributed by atoms with E-state index in [-0.39, 0.29) is 14.9 Å². The molecule has 0 aromatic carbocycles. The fourth-order valence-corrected chi connectivity index (χ4v) is 1.25. The first kappa shape index (κ1) is 25.7. The van der Waals surface area contributed by atoms with Gasteiger partial charge in [0.1, 0.15) is 0 Å². The summed E-state index contributed by atoms with van der Waals surface area (Å²) in [5, 5.41) is 0. The highest BCUT2D eigenvalue weighted by molar-refractivity contribution is 5.20. The summed E-state index contributed by atoms with van der Waals surface area (Å²) in [6, 6.07) is 0. The third kappa shape index (κ3) is 15.0. The highest BCUT2D eigenvalue weighted by atomic mass is 14.1. The fourth-order valence-electron chi connectivity index (χ4n) is 1.25. The first-order valence-electron chi connectivity index (χ1n) is 6.17. The van der Waals surface area contributed by atoms with Gasteiger partial charge in [0.2, 0.25) is 0 Å². The summed E-state index contributed by atoms with van der Waals surface area (Å²) in [5.74, 6) is 0.507. The fraction of sp³-hybridized carbons (Fsp3) is 0.556. The summed E-state index contributed by atoms with van der Waals surface area (Å²) in [6.45, 7) is 16.2. The molecule has 0 N–H and O–H groups in total. The standard InChI is InChI=1S/C14H22.C2H6.2CH4/c1-6-8-14(9-7-2)13(5)11-10-12(3)4;1-2;;/h6-7,9-11,14H,1,8H2,2-5H3;1-2H3;2*1H4/b9-7-,13-11+;;;. The Morgan fingerprint density at radius 2 is 1.56 bits per heavy atom. The lowest BCUT2D eigenvalue weighted by atomic mass is 9.95. The summed E-state index contributed by atoms with van der Waals surface area (Å²) in [7, 11) is 0. The minimum Gasteiger partial charge on any atom is -0.103 e. The molecule has 0 aromatic heterocycles. The maximum atomic E-state index is 3.78. The SMILES string of the molecule is C.C.C=CCC(/C=C\C)/C(C)=C/C=C(C)C.CC. The molecule has 0 rings (SSSR count). The van der Waals surface area contributed by atoms with Gasteiger partial charge in [0, 0.05) is 5.92 Å². The average Bonchev–Trinajstić information content (AvgIpc) is 2.28. The van der Waals surface area contributed by atoms with Crippen molar-refractivity contribution < 1.29 is 0 Å². The van der Waals surface area contributed by atoms with Crippen LogP contribution in [-0.2, 0) is 0 Å². The number of hydrogen-bond acceptors (Lipinski definition) is 0. The summed E-state index contributed by atoms with van der Waals surface area (Å²) in [4.78, 5) is 0. The molecule has 0 heterocycles. The molecule has 108 valence electrons. The lowest BCUT2D eigenvalue weighted by molar-refractivity contribution is 0.774. The third-order valence-electron chi connectivity index (χ3n) is 2.11. The normalized spacial score (nSPS) is 11.3. The highest BCUT2D eigenvalue weighted by Gasteiger charge is 2.02. The lowest BCUT2D eigenvalue weighted by Gasteiger charge is -2.10. The van der Waals surface area contributed by atoms with Gasteiger partial charge in [0.25, 0.3) is 0 Å².